The number of nitrogen functional groups attached to an aromatic ring is 1. The van der Waals surface area contributed by atoms with Gasteiger partial charge >= 0.3 is 5.88 Å². The van der Waals surface area contributed by atoms with Crippen LogP contribution in [0.2, 0.25) is 0 Å². The highest BCUT2D eigenvalue weighted by molar-refractivity contribution is 7.56. The third-order valence-electron chi connectivity index (χ3n) is 4.99. The molecule has 0 aliphatic heterocycles. The third kappa shape index (κ3) is 6.89. The first kappa shape index (κ1) is 26.8. The van der Waals surface area contributed by atoms with E-state index in [2.05, 4.69) is 15.0 Å². The number of hydrogen-bond acceptors (Lipinski definition) is 11. The predicted molar refractivity (Wildman–Crippen MR) is 127 cm³/mol. The molecule has 0 bridgehead atoms. The molecule has 0 aliphatic carbocycles. The second-order valence-corrected chi connectivity index (χ2v) is 10.3. The molecule has 3 heterocycles. The molecule has 14 nitrogen and oxygen atoms in total. The van der Waals surface area contributed by atoms with Gasteiger partial charge in [0, 0.05) is 19.0 Å². The van der Waals surface area contributed by atoms with Crippen molar-refractivity contribution in [2.24, 2.45) is 0 Å². The lowest BCUT2D eigenvalue weighted by Crippen LogP contribution is -2.22. The predicted octanol–water partition coefficient (Wildman–Crippen LogP) is 3.25. The van der Waals surface area contributed by atoms with Crippen molar-refractivity contribution in [3.63, 3.8) is 0 Å². The standard InChI is InChI=1S/C19H27ClN7O7P/c1-25(8-4-3-7-20)35(30,33-11-14-5-6-15(34-14)27(28)29)13-32-10-9-26-12-22-16-17(26)23-19(21)24-18(16)31-2/h5-6,12H,3-4,7-11,13H2,1-2H3,(H2,21,23,24). The first-order valence-electron chi connectivity index (χ1n) is 10.6. The van der Waals surface area contributed by atoms with E-state index < -0.39 is 18.3 Å². The maximum Gasteiger partial charge on any atom is 0.433 e. The number of ether oxygens (including phenoxy) is 2. The second kappa shape index (κ2) is 12.3. The topological polar surface area (TPSA) is 174 Å². The molecule has 0 aliphatic rings. The average Bonchev–Trinajstić information content (AvgIpc) is 3.47. The molecule has 0 aromatic carbocycles. The summed E-state index contributed by atoms with van der Waals surface area (Å²) >= 11 is 5.75. The van der Waals surface area contributed by atoms with Crippen LogP contribution in [0.25, 0.3) is 11.2 Å². The number of anilines is 1. The Bertz CT molecular complexity index is 1190. The number of aromatic nitrogens is 4. The number of nitro groups is 1. The summed E-state index contributed by atoms with van der Waals surface area (Å²) in [5, 5.41) is 10.8. The van der Waals surface area contributed by atoms with Crippen LogP contribution in [-0.4, -0.2) is 68.6 Å². The Morgan fingerprint density at radius 3 is 2.83 bits per heavy atom. The van der Waals surface area contributed by atoms with Crippen molar-refractivity contribution in [2.75, 3.05) is 45.3 Å². The van der Waals surface area contributed by atoms with Gasteiger partial charge in [-0.25, -0.2) is 9.65 Å². The van der Waals surface area contributed by atoms with Crippen LogP contribution in [0.1, 0.15) is 18.6 Å². The molecular formula is C19H27ClN7O7P. The zero-order chi connectivity index (χ0) is 25.4. The Morgan fingerprint density at radius 1 is 1.34 bits per heavy atom. The van der Waals surface area contributed by atoms with E-state index in [9.17, 15) is 14.7 Å². The lowest BCUT2D eigenvalue weighted by Gasteiger charge is -2.27. The van der Waals surface area contributed by atoms with Gasteiger partial charge in [0.15, 0.2) is 11.2 Å². The molecule has 0 radical (unpaired) electrons. The number of unbranched alkanes of at least 4 members (excludes halogenated alkanes) is 1. The minimum absolute atomic E-state index is 0.0478. The van der Waals surface area contributed by atoms with E-state index in [1.807, 2.05) is 0 Å². The summed E-state index contributed by atoms with van der Waals surface area (Å²) < 4.78 is 38.6. The summed E-state index contributed by atoms with van der Waals surface area (Å²) in [4.78, 5) is 22.6. The number of halogens is 1. The van der Waals surface area contributed by atoms with Crippen molar-refractivity contribution in [1.29, 1.82) is 0 Å². The molecule has 0 fully saturated rings. The van der Waals surface area contributed by atoms with Crippen LogP contribution in [0.4, 0.5) is 11.8 Å². The van der Waals surface area contributed by atoms with E-state index in [0.29, 0.717) is 36.6 Å². The maximum atomic E-state index is 13.6. The molecule has 0 saturated carbocycles. The largest absolute Gasteiger partial charge is 0.479 e. The molecule has 16 heteroatoms. The van der Waals surface area contributed by atoms with E-state index in [1.54, 1.807) is 22.6 Å². The number of alkyl halides is 1. The fourth-order valence-electron chi connectivity index (χ4n) is 3.11. The van der Waals surface area contributed by atoms with Gasteiger partial charge in [-0.05, 0) is 26.0 Å². The third-order valence-corrected chi connectivity index (χ3v) is 7.54. The molecule has 3 aromatic heterocycles. The van der Waals surface area contributed by atoms with Gasteiger partial charge in [0.25, 0.3) is 7.52 Å². The molecule has 3 rings (SSSR count). The van der Waals surface area contributed by atoms with Crippen molar-refractivity contribution in [2.45, 2.75) is 26.0 Å². The van der Waals surface area contributed by atoms with Crippen LogP contribution >= 0.6 is 19.1 Å². The Labute approximate surface area is 206 Å². The number of rotatable bonds is 15. The first-order chi connectivity index (χ1) is 16.8. The smallest absolute Gasteiger partial charge is 0.433 e. The average molecular weight is 532 g/mol. The Kier molecular flexibility index (Phi) is 9.40. The quantitative estimate of drug-likeness (QED) is 0.0997. The minimum Gasteiger partial charge on any atom is -0.479 e. The molecule has 2 N–H and O–H groups in total. The maximum absolute atomic E-state index is 13.6. The monoisotopic (exact) mass is 531 g/mol. The summed E-state index contributed by atoms with van der Waals surface area (Å²) in [6, 6.07) is 2.62. The van der Waals surface area contributed by atoms with Gasteiger partial charge in [-0.15, -0.1) is 11.6 Å². The number of nitrogens with zero attached hydrogens (tertiary/aromatic N) is 6. The Balaban J connectivity index is 1.63. The number of furan rings is 1. The molecule has 3 aromatic rings. The molecular weight excluding hydrogens is 505 g/mol. The fourth-order valence-corrected chi connectivity index (χ4v) is 4.90. The molecule has 0 spiro atoms. The zero-order valence-corrected chi connectivity index (χ0v) is 21.0. The van der Waals surface area contributed by atoms with Crippen molar-refractivity contribution in [3.8, 4) is 5.88 Å². The molecule has 1 atom stereocenters. The van der Waals surface area contributed by atoms with E-state index in [1.165, 1.54) is 19.2 Å². The molecule has 1 unspecified atom stereocenters. The van der Waals surface area contributed by atoms with E-state index in [4.69, 9.17) is 35.7 Å². The highest BCUT2D eigenvalue weighted by atomic mass is 35.5. The second-order valence-electron chi connectivity index (χ2n) is 7.42. The van der Waals surface area contributed by atoms with Crippen molar-refractivity contribution >= 4 is 42.1 Å². The van der Waals surface area contributed by atoms with Gasteiger partial charge < -0.3 is 28.7 Å². The highest BCUT2D eigenvalue weighted by Crippen LogP contribution is 2.50. The molecule has 192 valence electrons. The van der Waals surface area contributed by atoms with E-state index >= 15 is 0 Å². The Morgan fingerprint density at radius 2 is 2.14 bits per heavy atom. The van der Waals surface area contributed by atoms with Gasteiger partial charge in [0.05, 0.1) is 26.1 Å². The van der Waals surface area contributed by atoms with Crippen LogP contribution in [0, 0.1) is 10.1 Å². The van der Waals surface area contributed by atoms with Crippen LogP contribution < -0.4 is 10.5 Å². The number of methoxy groups -OCH3 is 1. The number of hydrogen-bond donors (Lipinski definition) is 1. The van der Waals surface area contributed by atoms with Gasteiger partial charge in [0.2, 0.25) is 11.8 Å². The van der Waals surface area contributed by atoms with Gasteiger partial charge in [-0.3, -0.25) is 14.7 Å². The number of imidazole rings is 1. The van der Waals surface area contributed by atoms with E-state index in [-0.39, 0.29) is 37.2 Å². The lowest BCUT2D eigenvalue weighted by molar-refractivity contribution is -0.402. The zero-order valence-electron chi connectivity index (χ0n) is 19.3. The van der Waals surface area contributed by atoms with E-state index in [0.717, 1.165) is 6.42 Å². The highest BCUT2D eigenvalue weighted by Gasteiger charge is 2.30. The lowest BCUT2D eigenvalue weighted by atomic mass is 10.3. The molecule has 0 saturated heterocycles. The summed E-state index contributed by atoms with van der Waals surface area (Å²) in [7, 11) is -0.329. The van der Waals surface area contributed by atoms with Gasteiger partial charge in [-0.2, -0.15) is 9.97 Å². The summed E-state index contributed by atoms with van der Waals surface area (Å²) in [5.74, 6) is 0.568. The molecule has 35 heavy (non-hydrogen) atoms. The summed E-state index contributed by atoms with van der Waals surface area (Å²) in [6.45, 7) is 0.771. The van der Waals surface area contributed by atoms with Crippen LogP contribution in [0.5, 0.6) is 5.88 Å². The summed E-state index contributed by atoms with van der Waals surface area (Å²) in [6.07, 6.45) is 2.81. The first-order valence-corrected chi connectivity index (χ1v) is 12.9. The normalized spacial score (nSPS) is 13.4. The fraction of sp³-hybridized carbons (Fsp3) is 0.526. The van der Waals surface area contributed by atoms with Crippen molar-refractivity contribution in [1.82, 2.24) is 24.2 Å². The van der Waals surface area contributed by atoms with Gasteiger partial charge in [0.1, 0.15) is 23.6 Å². The van der Waals surface area contributed by atoms with Crippen molar-refractivity contribution in [3.05, 3.63) is 34.3 Å². The van der Waals surface area contributed by atoms with Crippen LogP contribution in [0.3, 0.4) is 0 Å². The Hall–Kier alpha value is -2.77. The van der Waals surface area contributed by atoms with Gasteiger partial charge in [-0.1, -0.05) is 0 Å². The SMILES string of the molecule is COc1nc(N)nc2c1ncn2CCOCP(=O)(OCc1ccc([N+](=O)[O-])o1)N(C)CCCCCl. The molecule has 0 amide bonds. The minimum atomic E-state index is -3.46. The number of nitrogens with two attached hydrogens (primary N) is 1. The number of fused-ring (bicyclic) bond motifs is 1. The summed E-state index contributed by atoms with van der Waals surface area (Å²) in [5.41, 5.74) is 6.68. The van der Waals surface area contributed by atoms with Crippen molar-refractivity contribution < 1.29 is 27.9 Å². The van der Waals surface area contributed by atoms with Crippen LogP contribution in [0.15, 0.2) is 22.9 Å². The van der Waals surface area contributed by atoms with Crippen LogP contribution in [-0.2, 0) is 27.0 Å².